The average molecular weight is 325 g/mol. The maximum Gasteiger partial charge on any atom is 0.306 e. The Kier molecular flexibility index (Phi) is 6.53. The predicted octanol–water partition coefficient (Wildman–Crippen LogP) is 5.41. The standard InChI is InChI=1S/C20H36O3/c1-5-6-7-8-9-10-11-12-18(21)22-17-15-16-13-14-20(17,4)23-19(16,2)3/h16-17H,5-15H2,1-4H3/t16-,17+,20+/m0/s1. The van der Waals surface area contributed by atoms with Gasteiger partial charge in [-0.3, -0.25) is 4.79 Å². The minimum absolute atomic E-state index is 0.0289. The fourth-order valence-corrected chi connectivity index (χ4v) is 4.30. The molecule has 2 bridgehead atoms. The molecule has 3 atom stereocenters. The van der Waals surface area contributed by atoms with Gasteiger partial charge < -0.3 is 9.47 Å². The zero-order chi connectivity index (χ0) is 16.9. The fraction of sp³-hybridized carbons (Fsp3) is 0.950. The van der Waals surface area contributed by atoms with Crippen LogP contribution in [0.25, 0.3) is 0 Å². The largest absolute Gasteiger partial charge is 0.459 e. The smallest absolute Gasteiger partial charge is 0.306 e. The summed E-state index contributed by atoms with van der Waals surface area (Å²) >= 11 is 0. The van der Waals surface area contributed by atoms with E-state index in [1.165, 1.54) is 38.5 Å². The van der Waals surface area contributed by atoms with E-state index in [-0.39, 0.29) is 23.3 Å². The number of ether oxygens (including phenoxy) is 2. The second kappa shape index (κ2) is 8.00. The van der Waals surface area contributed by atoms with Crippen molar-refractivity contribution >= 4 is 5.97 Å². The van der Waals surface area contributed by atoms with Gasteiger partial charge in [0.2, 0.25) is 0 Å². The molecule has 0 aromatic carbocycles. The molecule has 0 aromatic rings. The molecule has 0 N–H and O–H groups in total. The van der Waals surface area contributed by atoms with Gasteiger partial charge in [-0.2, -0.15) is 0 Å². The van der Waals surface area contributed by atoms with Crippen molar-refractivity contribution in [2.45, 2.75) is 116 Å². The molecule has 134 valence electrons. The Morgan fingerprint density at radius 3 is 2.35 bits per heavy atom. The summed E-state index contributed by atoms with van der Waals surface area (Å²) in [4.78, 5) is 12.1. The predicted molar refractivity (Wildman–Crippen MR) is 93.4 cm³/mol. The van der Waals surface area contributed by atoms with Gasteiger partial charge in [0.15, 0.2) is 0 Å². The molecule has 2 heterocycles. The van der Waals surface area contributed by atoms with Gasteiger partial charge in [0.25, 0.3) is 0 Å². The Bertz CT molecular complexity index is 390. The van der Waals surface area contributed by atoms with Crippen LogP contribution < -0.4 is 0 Å². The first-order valence-corrected chi connectivity index (χ1v) is 9.77. The molecule has 0 spiro atoms. The zero-order valence-corrected chi connectivity index (χ0v) is 15.7. The first kappa shape index (κ1) is 18.8. The number of unbranched alkanes of at least 4 members (excludes halogenated alkanes) is 6. The summed E-state index contributed by atoms with van der Waals surface area (Å²) in [6, 6.07) is 0. The third-order valence-electron chi connectivity index (χ3n) is 5.91. The summed E-state index contributed by atoms with van der Waals surface area (Å²) in [6.07, 6.45) is 12.3. The lowest BCUT2D eigenvalue weighted by Crippen LogP contribution is -2.62. The molecule has 2 aliphatic heterocycles. The van der Waals surface area contributed by atoms with Crippen LogP contribution in [0.3, 0.4) is 0 Å². The maximum absolute atomic E-state index is 12.1. The van der Waals surface area contributed by atoms with E-state index in [2.05, 4.69) is 27.7 Å². The van der Waals surface area contributed by atoms with Crippen molar-refractivity contribution in [3.05, 3.63) is 0 Å². The van der Waals surface area contributed by atoms with E-state index in [0.29, 0.717) is 12.3 Å². The van der Waals surface area contributed by atoms with E-state index in [1.807, 2.05) is 0 Å². The summed E-state index contributed by atoms with van der Waals surface area (Å²) in [5.74, 6) is 0.486. The van der Waals surface area contributed by atoms with Crippen LogP contribution in [0.2, 0.25) is 0 Å². The van der Waals surface area contributed by atoms with Gasteiger partial charge in [-0.15, -0.1) is 0 Å². The van der Waals surface area contributed by atoms with Crippen molar-refractivity contribution in [2.75, 3.05) is 0 Å². The van der Waals surface area contributed by atoms with Crippen molar-refractivity contribution in [1.29, 1.82) is 0 Å². The van der Waals surface area contributed by atoms with E-state index in [4.69, 9.17) is 9.47 Å². The first-order chi connectivity index (χ1) is 10.9. The first-order valence-electron chi connectivity index (χ1n) is 9.77. The highest BCUT2D eigenvalue weighted by Crippen LogP contribution is 2.50. The molecule has 3 rings (SSSR count). The van der Waals surface area contributed by atoms with Gasteiger partial charge in [-0.05, 0) is 52.4 Å². The van der Waals surface area contributed by atoms with Crippen LogP contribution >= 0.6 is 0 Å². The number of carbonyl (C=O) groups is 1. The van der Waals surface area contributed by atoms with Gasteiger partial charge in [-0.25, -0.2) is 0 Å². The van der Waals surface area contributed by atoms with Crippen LogP contribution in [0.1, 0.15) is 98.3 Å². The molecular formula is C20H36O3. The van der Waals surface area contributed by atoms with Gasteiger partial charge in [0, 0.05) is 6.42 Å². The Balaban J connectivity index is 1.66. The van der Waals surface area contributed by atoms with E-state index >= 15 is 0 Å². The molecule has 3 nitrogen and oxygen atoms in total. The summed E-state index contributed by atoms with van der Waals surface area (Å²) in [5, 5.41) is 0. The molecule has 1 saturated carbocycles. The molecule has 0 radical (unpaired) electrons. The van der Waals surface area contributed by atoms with E-state index < -0.39 is 0 Å². The van der Waals surface area contributed by atoms with Gasteiger partial charge >= 0.3 is 5.97 Å². The van der Waals surface area contributed by atoms with Crippen LogP contribution in [-0.2, 0) is 14.3 Å². The highest BCUT2D eigenvalue weighted by atomic mass is 16.6. The second-order valence-electron chi connectivity index (χ2n) is 8.34. The van der Waals surface area contributed by atoms with Crippen LogP contribution in [0.15, 0.2) is 0 Å². The van der Waals surface area contributed by atoms with E-state index in [0.717, 1.165) is 25.7 Å². The Morgan fingerprint density at radius 2 is 1.74 bits per heavy atom. The van der Waals surface area contributed by atoms with E-state index in [1.54, 1.807) is 0 Å². The summed E-state index contributed by atoms with van der Waals surface area (Å²) in [5.41, 5.74) is -0.359. The molecule has 23 heavy (non-hydrogen) atoms. The number of rotatable bonds is 9. The van der Waals surface area contributed by atoms with Crippen molar-refractivity contribution < 1.29 is 14.3 Å². The lowest BCUT2D eigenvalue weighted by molar-refractivity contribution is -0.278. The number of hydrogen-bond donors (Lipinski definition) is 0. The summed E-state index contributed by atoms with van der Waals surface area (Å²) in [7, 11) is 0. The second-order valence-corrected chi connectivity index (χ2v) is 8.34. The SMILES string of the molecule is CCCCCCCCCC(=O)O[C@@H]1C[C@@H]2CC[C@@]1(C)OC2(C)C. The van der Waals surface area contributed by atoms with Gasteiger partial charge in [0.1, 0.15) is 11.7 Å². The van der Waals surface area contributed by atoms with Crippen molar-refractivity contribution in [3.8, 4) is 0 Å². The van der Waals surface area contributed by atoms with Crippen LogP contribution in [0.4, 0.5) is 0 Å². The molecule has 2 saturated heterocycles. The Labute approximate surface area is 142 Å². The number of fused-ring (bicyclic) bond motifs is 3. The highest BCUT2D eigenvalue weighted by Gasteiger charge is 2.55. The van der Waals surface area contributed by atoms with Crippen LogP contribution in [0.5, 0.6) is 0 Å². The molecule has 1 aliphatic carbocycles. The minimum atomic E-state index is -0.284. The molecule has 3 fully saturated rings. The lowest BCUT2D eigenvalue weighted by Gasteiger charge is -2.57. The molecule has 0 unspecified atom stereocenters. The number of carbonyl (C=O) groups excluding carboxylic acids is 1. The normalized spacial score (nSPS) is 32.0. The lowest BCUT2D eigenvalue weighted by atomic mass is 9.67. The van der Waals surface area contributed by atoms with Crippen molar-refractivity contribution in [3.63, 3.8) is 0 Å². The topological polar surface area (TPSA) is 35.5 Å². The van der Waals surface area contributed by atoms with Gasteiger partial charge in [0.05, 0.1) is 5.60 Å². The minimum Gasteiger partial charge on any atom is -0.459 e. The third-order valence-corrected chi connectivity index (χ3v) is 5.91. The van der Waals surface area contributed by atoms with Crippen molar-refractivity contribution in [2.24, 2.45) is 5.92 Å². The zero-order valence-electron chi connectivity index (χ0n) is 15.7. The molecule has 0 amide bonds. The fourth-order valence-electron chi connectivity index (χ4n) is 4.30. The number of esters is 1. The summed E-state index contributed by atoms with van der Waals surface area (Å²) < 4.78 is 12.1. The third kappa shape index (κ3) is 4.95. The molecular weight excluding hydrogens is 288 g/mol. The number of hydrogen-bond acceptors (Lipinski definition) is 3. The average Bonchev–Trinajstić information content (AvgIpc) is 2.47. The molecule has 3 aliphatic rings. The van der Waals surface area contributed by atoms with E-state index in [9.17, 15) is 4.79 Å². The van der Waals surface area contributed by atoms with Gasteiger partial charge in [-0.1, -0.05) is 45.4 Å². The quantitative estimate of drug-likeness (QED) is 0.420. The molecule has 0 aromatic heterocycles. The summed E-state index contributed by atoms with van der Waals surface area (Å²) in [6.45, 7) is 8.70. The van der Waals surface area contributed by atoms with Crippen LogP contribution in [-0.4, -0.2) is 23.3 Å². The monoisotopic (exact) mass is 324 g/mol. The van der Waals surface area contributed by atoms with Crippen LogP contribution in [0, 0.1) is 5.92 Å². The Morgan fingerprint density at radius 1 is 1.09 bits per heavy atom. The Hall–Kier alpha value is -0.570. The highest BCUT2D eigenvalue weighted by molar-refractivity contribution is 5.69. The molecule has 3 heteroatoms. The van der Waals surface area contributed by atoms with Crippen molar-refractivity contribution in [1.82, 2.24) is 0 Å². The maximum atomic E-state index is 12.1.